The first-order valence-electron chi connectivity index (χ1n) is 11.7. The van der Waals surface area contributed by atoms with Gasteiger partial charge in [-0.25, -0.2) is 18.2 Å². The van der Waals surface area contributed by atoms with Crippen molar-refractivity contribution < 1.29 is 27.8 Å². The fraction of sp³-hybridized carbons (Fsp3) is 0.346. The van der Waals surface area contributed by atoms with Gasteiger partial charge in [0.25, 0.3) is 5.91 Å². The number of nitrogens with zero attached hydrogens (tertiary/aromatic N) is 2. The maximum Gasteiger partial charge on any atom is 0.274 e. The van der Waals surface area contributed by atoms with E-state index in [-0.39, 0.29) is 29.9 Å². The first-order valence-corrected chi connectivity index (χ1v) is 11.7. The van der Waals surface area contributed by atoms with Crippen LogP contribution < -0.4 is 15.8 Å². The van der Waals surface area contributed by atoms with Crippen LogP contribution in [0, 0.1) is 23.4 Å². The number of ether oxygens (including phenoxy) is 1. The van der Waals surface area contributed by atoms with Crippen LogP contribution in [0.2, 0.25) is 0 Å². The van der Waals surface area contributed by atoms with Crippen molar-refractivity contribution in [3.05, 3.63) is 70.9 Å². The van der Waals surface area contributed by atoms with Crippen molar-refractivity contribution >= 4 is 11.6 Å². The zero-order valence-electron chi connectivity index (χ0n) is 19.5. The second-order valence-corrected chi connectivity index (χ2v) is 9.38. The Morgan fingerprint density at radius 1 is 1.19 bits per heavy atom. The lowest BCUT2D eigenvalue weighted by atomic mass is 9.74. The number of carbonyl (C=O) groups excluding carboxylic acids is 1. The zero-order chi connectivity index (χ0) is 25.6. The molecule has 1 aliphatic carbocycles. The summed E-state index contributed by atoms with van der Waals surface area (Å²) in [6, 6.07) is 4.55. The number of hydrogen-bond donors (Lipinski definition) is 3. The number of anilines is 1. The number of nitrogens with two attached hydrogens (primary N) is 1. The van der Waals surface area contributed by atoms with Crippen molar-refractivity contribution in [2.24, 2.45) is 11.7 Å². The lowest BCUT2D eigenvalue weighted by Crippen LogP contribution is -2.44. The van der Waals surface area contributed by atoms with Gasteiger partial charge in [0.05, 0.1) is 30.2 Å². The topological polar surface area (TPSA) is 110 Å². The molecule has 188 valence electrons. The molecule has 0 spiro atoms. The predicted octanol–water partition coefficient (Wildman–Crippen LogP) is 3.95. The molecule has 0 bridgehead atoms. The summed E-state index contributed by atoms with van der Waals surface area (Å²) in [7, 11) is 0. The first-order chi connectivity index (χ1) is 17.2. The number of halogens is 3. The minimum absolute atomic E-state index is 0.0250. The standard InChI is InChI=1S/C26H25F3N4O3/c1-12-8-14(10-18(30)24(12)34)15-4-6-31-11-20(15)33-26(35)19-3-2-16(27)23(32-19)21-17(28)9-13-5-7-36-25(13)22(21)29/h2-4,6,9,11-12,14,18,24,34H,5,7-8,10,30H2,1H3,(H,33,35)/t12-,14+,18+,24+/m0/s1. The molecule has 2 aliphatic rings. The summed E-state index contributed by atoms with van der Waals surface area (Å²) in [6.45, 7) is 2.12. The van der Waals surface area contributed by atoms with Gasteiger partial charge in [0.1, 0.15) is 23.0 Å². The number of benzene rings is 1. The van der Waals surface area contributed by atoms with Crippen molar-refractivity contribution in [2.75, 3.05) is 11.9 Å². The second kappa shape index (κ2) is 9.51. The molecule has 3 heterocycles. The summed E-state index contributed by atoms with van der Waals surface area (Å²) in [5.41, 5.74) is 6.14. The fourth-order valence-corrected chi connectivity index (χ4v) is 5.10. The largest absolute Gasteiger partial charge is 0.490 e. The van der Waals surface area contributed by atoms with Gasteiger partial charge in [-0.2, -0.15) is 0 Å². The molecular formula is C26H25F3N4O3. The second-order valence-electron chi connectivity index (χ2n) is 9.38. The lowest BCUT2D eigenvalue weighted by molar-refractivity contribution is 0.0521. The van der Waals surface area contributed by atoms with Crippen molar-refractivity contribution in [1.82, 2.24) is 9.97 Å². The highest BCUT2D eigenvalue weighted by molar-refractivity contribution is 6.03. The van der Waals surface area contributed by atoms with Gasteiger partial charge in [0.15, 0.2) is 11.6 Å². The quantitative estimate of drug-likeness (QED) is 0.503. The third-order valence-electron chi connectivity index (χ3n) is 6.96. The van der Waals surface area contributed by atoms with Crippen LogP contribution in [0.5, 0.6) is 5.75 Å². The third-order valence-corrected chi connectivity index (χ3v) is 6.96. The summed E-state index contributed by atoms with van der Waals surface area (Å²) in [6.07, 6.45) is 4.01. The molecule has 1 fully saturated rings. The lowest BCUT2D eigenvalue weighted by Gasteiger charge is -2.36. The van der Waals surface area contributed by atoms with E-state index in [1.807, 2.05) is 6.92 Å². The van der Waals surface area contributed by atoms with Gasteiger partial charge < -0.3 is 20.9 Å². The summed E-state index contributed by atoms with van der Waals surface area (Å²) in [5, 5.41) is 12.9. The molecular weight excluding hydrogens is 473 g/mol. The number of amides is 1. The van der Waals surface area contributed by atoms with Crippen LogP contribution in [0.3, 0.4) is 0 Å². The van der Waals surface area contributed by atoms with Gasteiger partial charge in [-0.15, -0.1) is 0 Å². The Morgan fingerprint density at radius 2 is 2.00 bits per heavy atom. The Balaban J connectivity index is 1.45. The van der Waals surface area contributed by atoms with Gasteiger partial charge in [0, 0.05) is 24.2 Å². The van der Waals surface area contributed by atoms with Crippen LogP contribution >= 0.6 is 0 Å². The highest BCUT2D eigenvalue weighted by atomic mass is 19.1. The number of aliphatic hydroxyl groups excluding tert-OH is 1. The Hall–Kier alpha value is -3.50. The highest BCUT2D eigenvalue weighted by Gasteiger charge is 2.34. The zero-order valence-corrected chi connectivity index (χ0v) is 19.5. The molecule has 10 heteroatoms. The van der Waals surface area contributed by atoms with Gasteiger partial charge in [-0.05, 0) is 54.5 Å². The molecule has 2 aromatic heterocycles. The minimum atomic E-state index is -1.05. The normalized spacial score (nSPS) is 23.2. The third kappa shape index (κ3) is 4.31. The number of aliphatic hydroxyl groups is 1. The fourth-order valence-electron chi connectivity index (χ4n) is 5.10. The molecule has 0 radical (unpaired) electrons. The maximum absolute atomic E-state index is 15.0. The van der Waals surface area contributed by atoms with Crippen molar-refractivity contribution in [3.63, 3.8) is 0 Å². The van der Waals surface area contributed by atoms with Gasteiger partial charge in [-0.1, -0.05) is 6.92 Å². The van der Waals surface area contributed by atoms with E-state index < -0.39 is 46.8 Å². The molecule has 7 nitrogen and oxygen atoms in total. The van der Waals surface area contributed by atoms with Gasteiger partial charge >= 0.3 is 0 Å². The van der Waals surface area contributed by atoms with E-state index in [9.17, 15) is 18.7 Å². The van der Waals surface area contributed by atoms with E-state index in [0.29, 0.717) is 30.5 Å². The van der Waals surface area contributed by atoms with E-state index in [1.165, 1.54) is 6.20 Å². The molecule has 0 saturated heterocycles. The Labute approximate surface area is 205 Å². The van der Waals surface area contributed by atoms with E-state index in [1.54, 1.807) is 12.3 Å². The number of carbonyl (C=O) groups is 1. The van der Waals surface area contributed by atoms with Crippen LogP contribution in [0.15, 0.2) is 36.7 Å². The number of hydrogen-bond acceptors (Lipinski definition) is 6. The molecule has 1 amide bonds. The molecule has 0 unspecified atom stereocenters. The molecule has 5 rings (SSSR count). The average Bonchev–Trinajstić information content (AvgIpc) is 3.32. The Bertz CT molecular complexity index is 1320. The average molecular weight is 499 g/mol. The van der Waals surface area contributed by atoms with E-state index in [2.05, 4.69) is 15.3 Å². The highest BCUT2D eigenvalue weighted by Crippen LogP contribution is 2.39. The molecule has 4 N–H and O–H groups in total. The molecule has 4 atom stereocenters. The number of nitrogens with one attached hydrogen (secondary N) is 1. The van der Waals surface area contributed by atoms with Crippen molar-refractivity contribution in [2.45, 2.75) is 44.2 Å². The monoisotopic (exact) mass is 498 g/mol. The number of fused-ring (bicyclic) bond motifs is 1. The minimum Gasteiger partial charge on any atom is -0.490 e. The summed E-state index contributed by atoms with van der Waals surface area (Å²) in [4.78, 5) is 21.1. The molecule has 3 aromatic rings. The number of pyridine rings is 2. The van der Waals surface area contributed by atoms with Crippen LogP contribution in [-0.4, -0.2) is 39.7 Å². The maximum atomic E-state index is 15.0. The van der Waals surface area contributed by atoms with E-state index >= 15 is 4.39 Å². The van der Waals surface area contributed by atoms with Gasteiger partial charge in [-0.3, -0.25) is 9.78 Å². The Kier molecular flexibility index (Phi) is 6.40. The smallest absolute Gasteiger partial charge is 0.274 e. The van der Waals surface area contributed by atoms with Crippen LogP contribution in [-0.2, 0) is 6.42 Å². The van der Waals surface area contributed by atoms with Crippen molar-refractivity contribution in [3.8, 4) is 17.0 Å². The van der Waals surface area contributed by atoms with Crippen LogP contribution in [0.25, 0.3) is 11.3 Å². The summed E-state index contributed by atoms with van der Waals surface area (Å²) < 4.78 is 49.7. The summed E-state index contributed by atoms with van der Waals surface area (Å²) >= 11 is 0. The van der Waals surface area contributed by atoms with E-state index in [4.69, 9.17) is 10.5 Å². The predicted molar refractivity (Wildman–Crippen MR) is 126 cm³/mol. The Morgan fingerprint density at radius 3 is 2.78 bits per heavy atom. The number of rotatable bonds is 4. The van der Waals surface area contributed by atoms with Crippen LogP contribution in [0.1, 0.15) is 47.3 Å². The molecule has 1 saturated carbocycles. The SMILES string of the molecule is C[C@H]1C[C@@H](c2ccncc2NC(=O)c2ccc(F)c(-c3c(F)cc4c(c3F)OCC4)n2)C[C@@H](N)[C@@H]1O. The van der Waals surface area contributed by atoms with E-state index in [0.717, 1.165) is 23.8 Å². The number of aromatic nitrogens is 2. The summed E-state index contributed by atoms with van der Waals surface area (Å²) in [5.74, 6) is -3.90. The first kappa shape index (κ1) is 24.2. The molecule has 1 aromatic carbocycles. The van der Waals surface area contributed by atoms with Crippen LogP contribution in [0.4, 0.5) is 18.9 Å². The van der Waals surface area contributed by atoms with Crippen molar-refractivity contribution in [1.29, 1.82) is 0 Å². The van der Waals surface area contributed by atoms with Gasteiger partial charge in [0.2, 0.25) is 0 Å². The molecule has 36 heavy (non-hydrogen) atoms. The molecule has 1 aliphatic heterocycles.